The monoisotopic (exact) mass is 342 g/mol. The molecular formula is C17H11ClN2O2S. The summed E-state index contributed by atoms with van der Waals surface area (Å²) in [6.45, 7) is 1.91. The van der Waals surface area contributed by atoms with Crippen molar-refractivity contribution in [3.8, 4) is 0 Å². The Labute approximate surface area is 140 Å². The maximum Gasteiger partial charge on any atom is 0.293 e. The van der Waals surface area contributed by atoms with Gasteiger partial charge in [0.25, 0.3) is 5.91 Å². The fourth-order valence-corrected chi connectivity index (χ4v) is 3.48. The lowest BCUT2D eigenvalue weighted by atomic mass is 10.2. The van der Waals surface area contributed by atoms with Crippen LogP contribution in [0.5, 0.6) is 0 Å². The molecular weight excluding hydrogens is 332 g/mol. The van der Waals surface area contributed by atoms with E-state index in [0.29, 0.717) is 15.7 Å². The van der Waals surface area contributed by atoms with Gasteiger partial charge in [0.15, 0.2) is 10.9 Å². The standard InChI is InChI=1S/C17H11ClN2O2S/c1-9-11(18)6-7-14-15(9)19-17(23-14)20-16(21)13-8-10-4-2-3-5-12(10)22-13/h2-8H,1H3,(H,19,20,21). The average molecular weight is 343 g/mol. The van der Waals surface area contributed by atoms with Crippen LogP contribution in [0.25, 0.3) is 21.2 Å². The fraction of sp³-hybridized carbons (Fsp3) is 0.0588. The van der Waals surface area contributed by atoms with E-state index in [1.165, 1.54) is 11.3 Å². The van der Waals surface area contributed by atoms with Crippen molar-refractivity contribution in [2.45, 2.75) is 6.92 Å². The summed E-state index contributed by atoms with van der Waals surface area (Å²) in [4.78, 5) is 16.8. The van der Waals surface area contributed by atoms with Crippen LogP contribution >= 0.6 is 22.9 Å². The number of rotatable bonds is 2. The third-order valence-corrected chi connectivity index (χ3v) is 4.96. The molecule has 6 heteroatoms. The summed E-state index contributed by atoms with van der Waals surface area (Å²) in [5.74, 6) is -0.0517. The Morgan fingerprint density at radius 3 is 2.91 bits per heavy atom. The number of hydrogen-bond acceptors (Lipinski definition) is 4. The third kappa shape index (κ3) is 2.48. The van der Waals surface area contributed by atoms with E-state index in [4.69, 9.17) is 16.0 Å². The van der Waals surface area contributed by atoms with E-state index < -0.39 is 0 Å². The Bertz CT molecular complexity index is 1020. The molecule has 2 aromatic carbocycles. The molecule has 0 saturated carbocycles. The number of furan rings is 1. The first-order valence-corrected chi connectivity index (χ1v) is 8.17. The van der Waals surface area contributed by atoms with Gasteiger partial charge in [0.1, 0.15) is 5.58 Å². The van der Waals surface area contributed by atoms with Gasteiger partial charge in [0.2, 0.25) is 0 Å². The zero-order valence-corrected chi connectivity index (χ0v) is 13.7. The molecule has 0 aliphatic heterocycles. The Morgan fingerprint density at radius 2 is 2.09 bits per heavy atom. The molecule has 0 saturated heterocycles. The van der Waals surface area contributed by atoms with Crippen molar-refractivity contribution in [1.29, 1.82) is 0 Å². The van der Waals surface area contributed by atoms with Gasteiger partial charge in [-0.15, -0.1) is 0 Å². The van der Waals surface area contributed by atoms with Crippen LogP contribution in [0.2, 0.25) is 5.02 Å². The van der Waals surface area contributed by atoms with Crippen LogP contribution in [0, 0.1) is 6.92 Å². The number of fused-ring (bicyclic) bond motifs is 2. The number of thiazole rings is 1. The lowest BCUT2D eigenvalue weighted by Crippen LogP contribution is -2.10. The molecule has 0 unspecified atom stereocenters. The van der Waals surface area contributed by atoms with E-state index >= 15 is 0 Å². The maximum atomic E-state index is 12.3. The first kappa shape index (κ1) is 14.2. The average Bonchev–Trinajstić information content (AvgIpc) is 3.15. The number of para-hydroxylation sites is 1. The van der Waals surface area contributed by atoms with Crippen LogP contribution in [0.3, 0.4) is 0 Å². The van der Waals surface area contributed by atoms with Gasteiger partial charge in [0, 0.05) is 10.4 Å². The van der Waals surface area contributed by atoms with Crippen molar-refractivity contribution in [3.05, 3.63) is 58.8 Å². The third-order valence-electron chi connectivity index (χ3n) is 3.62. The van der Waals surface area contributed by atoms with Gasteiger partial charge in [-0.05, 0) is 36.8 Å². The Kier molecular flexibility index (Phi) is 3.32. The van der Waals surface area contributed by atoms with Crippen LogP contribution in [-0.4, -0.2) is 10.9 Å². The minimum Gasteiger partial charge on any atom is -0.451 e. The number of carbonyl (C=O) groups is 1. The SMILES string of the molecule is Cc1c(Cl)ccc2sc(NC(=O)c3cc4ccccc4o3)nc12. The van der Waals surface area contributed by atoms with E-state index in [1.54, 1.807) is 6.07 Å². The van der Waals surface area contributed by atoms with Gasteiger partial charge in [0.05, 0.1) is 10.2 Å². The number of anilines is 1. The number of aromatic nitrogens is 1. The summed E-state index contributed by atoms with van der Waals surface area (Å²) in [7, 11) is 0. The molecule has 4 aromatic rings. The highest BCUT2D eigenvalue weighted by Crippen LogP contribution is 2.32. The molecule has 0 aliphatic carbocycles. The van der Waals surface area contributed by atoms with Crippen molar-refractivity contribution in [3.63, 3.8) is 0 Å². The number of hydrogen-bond donors (Lipinski definition) is 1. The molecule has 0 atom stereocenters. The number of aryl methyl sites for hydroxylation is 1. The molecule has 4 nitrogen and oxygen atoms in total. The molecule has 0 aliphatic rings. The van der Waals surface area contributed by atoms with Gasteiger partial charge in [-0.3, -0.25) is 10.1 Å². The second-order valence-electron chi connectivity index (χ2n) is 5.14. The van der Waals surface area contributed by atoms with Crippen molar-refractivity contribution in [2.24, 2.45) is 0 Å². The summed E-state index contributed by atoms with van der Waals surface area (Å²) in [5, 5.41) is 4.87. The fourth-order valence-electron chi connectivity index (χ4n) is 2.41. The molecule has 0 spiro atoms. The molecule has 2 heterocycles. The van der Waals surface area contributed by atoms with Gasteiger partial charge in [-0.25, -0.2) is 4.98 Å². The highest BCUT2D eigenvalue weighted by Gasteiger charge is 2.15. The zero-order chi connectivity index (χ0) is 16.0. The molecule has 114 valence electrons. The topological polar surface area (TPSA) is 55.1 Å². The highest BCUT2D eigenvalue weighted by atomic mass is 35.5. The molecule has 23 heavy (non-hydrogen) atoms. The van der Waals surface area contributed by atoms with Crippen LogP contribution < -0.4 is 5.32 Å². The smallest absolute Gasteiger partial charge is 0.293 e. The summed E-state index contributed by atoms with van der Waals surface area (Å²) in [6, 6.07) is 13.0. The zero-order valence-electron chi connectivity index (χ0n) is 12.1. The largest absolute Gasteiger partial charge is 0.451 e. The Morgan fingerprint density at radius 1 is 1.26 bits per heavy atom. The minimum absolute atomic E-state index is 0.264. The highest BCUT2D eigenvalue weighted by molar-refractivity contribution is 7.22. The number of amides is 1. The number of carbonyl (C=O) groups excluding carboxylic acids is 1. The molecule has 0 radical (unpaired) electrons. The Balaban J connectivity index is 1.67. The van der Waals surface area contributed by atoms with Crippen LogP contribution in [0.1, 0.15) is 16.1 Å². The molecule has 0 fully saturated rings. The number of halogens is 1. The van der Waals surface area contributed by atoms with E-state index in [-0.39, 0.29) is 11.7 Å². The summed E-state index contributed by atoms with van der Waals surface area (Å²) in [6.07, 6.45) is 0. The van der Waals surface area contributed by atoms with Crippen LogP contribution in [0.4, 0.5) is 5.13 Å². The van der Waals surface area contributed by atoms with Crippen molar-refractivity contribution in [2.75, 3.05) is 5.32 Å². The van der Waals surface area contributed by atoms with Crippen molar-refractivity contribution in [1.82, 2.24) is 4.98 Å². The first-order chi connectivity index (χ1) is 11.1. The molecule has 1 N–H and O–H groups in total. The first-order valence-electron chi connectivity index (χ1n) is 6.97. The van der Waals surface area contributed by atoms with Crippen LogP contribution in [0.15, 0.2) is 46.9 Å². The number of nitrogens with zero attached hydrogens (tertiary/aromatic N) is 1. The second kappa shape index (κ2) is 5.37. The molecule has 4 rings (SSSR count). The molecule has 1 amide bonds. The summed E-state index contributed by atoms with van der Waals surface area (Å²) < 4.78 is 6.54. The lowest BCUT2D eigenvalue weighted by molar-refractivity contribution is 0.0998. The van der Waals surface area contributed by atoms with E-state index in [9.17, 15) is 4.79 Å². The van der Waals surface area contributed by atoms with Crippen molar-refractivity contribution >= 4 is 55.2 Å². The van der Waals surface area contributed by atoms with Gasteiger partial charge in [-0.1, -0.05) is 41.1 Å². The minimum atomic E-state index is -0.316. The number of benzene rings is 2. The molecule has 0 bridgehead atoms. The quantitative estimate of drug-likeness (QED) is 0.540. The number of nitrogens with one attached hydrogen (secondary N) is 1. The normalized spacial score (nSPS) is 11.2. The molecule has 2 aromatic heterocycles. The summed E-state index contributed by atoms with van der Waals surface area (Å²) >= 11 is 7.51. The maximum absolute atomic E-state index is 12.3. The van der Waals surface area contributed by atoms with Crippen molar-refractivity contribution < 1.29 is 9.21 Å². The van der Waals surface area contributed by atoms with Gasteiger partial charge < -0.3 is 4.42 Å². The Hall–Kier alpha value is -2.37. The van der Waals surface area contributed by atoms with Crippen LogP contribution in [-0.2, 0) is 0 Å². The summed E-state index contributed by atoms with van der Waals surface area (Å²) in [5.41, 5.74) is 2.40. The van der Waals surface area contributed by atoms with E-state index in [1.807, 2.05) is 43.3 Å². The lowest BCUT2D eigenvalue weighted by Gasteiger charge is -1.97. The van der Waals surface area contributed by atoms with Gasteiger partial charge in [-0.2, -0.15) is 0 Å². The second-order valence-corrected chi connectivity index (χ2v) is 6.58. The van der Waals surface area contributed by atoms with Gasteiger partial charge >= 0.3 is 0 Å². The predicted octanol–water partition coefficient (Wildman–Crippen LogP) is 5.26. The van der Waals surface area contributed by atoms with E-state index in [0.717, 1.165) is 21.2 Å². The van der Waals surface area contributed by atoms with E-state index in [2.05, 4.69) is 10.3 Å². The predicted molar refractivity (Wildman–Crippen MR) is 93.5 cm³/mol.